The van der Waals surface area contributed by atoms with Crippen LogP contribution in [0.2, 0.25) is 5.02 Å². The molecule has 20 heavy (non-hydrogen) atoms. The summed E-state index contributed by atoms with van der Waals surface area (Å²) in [5.74, 6) is 0.808. The molecule has 1 unspecified atom stereocenters. The molecule has 1 aromatic heterocycles. The number of benzene rings is 1. The van der Waals surface area contributed by atoms with Crippen LogP contribution in [0.5, 0.6) is 5.75 Å². The molecule has 1 aliphatic rings. The van der Waals surface area contributed by atoms with E-state index < -0.39 is 0 Å². The first kappa shape index (κ1) is 13.9. The van der Waals surface area contributed by atoms with Crippen molar-refractivity contribution < 1.29 is 4.74 Å². The van der Waals surface area contributed by atoms with Gasteiger partial charge in [-0.25, -0.2) is 4.98 Å². The zero-order valence-electron chi connectivity index (χ0n) is 11.4. The predicted octanol–water partition coefficient (Wildman–Crippen LogP) is 4.29. The Morgan fingerprint density at radius 1 is 1.40 bits per heavy atom. The van der Waals surface area contributed by atoms with E-state index in [4.69, 9.17) is 21.3 Å². The highest BCUT2D eigenvalue weighted by Crippen LogP contribution is 2.35. The normalized spacial score (nSPS) is 19.0. The van der Waals surface area contributed by atoms with Crippen molar-refractivity contribution in [2.24, 2.45) is 0 Å². The molecule has 0 spiro atoms. The monoisotopic (exact) mass is 308 g/mol. The molecule has 3 rings (SSSR count). The van der Waals surface area contributed by atoms with Crippen LogP contribution < -0.4 is 10.1 Å². The maximum absolute atomic E-state index is 6.09. The van der Waals surface area contributed by atoms with Gasteiger partial charge in [-0.2, -0.15) is 0 Å². The number of nitrogens with zero attached hydrogens (tertiary/aromatic N) is 1. The van der Waals surface area contributed by atoms with Crippen molar-refractivity contribution >= 4 is 22.9 Å². The summed E-state index contributed by atoms with van der Waals surface area (Å²) in [6.45, 7) is 1.08. The molecule has 5 heteroatoms. The Morgan fingerprint density at radius 2 is 2.30 bits per heavy atom. The van der Waals surface area contributed by atoms with Crippen LogP contribution in [-0.4, -0.2) is 18.6 Å². The van der Waals surface area contributed by atoms with Crippen molar-refractivity contribution in [3.63, 3.8) is 0 Å². The van der Waals surface area contributed by atoms with Crippen LogP contribution in [0.4, 0.5) is 0 Å². The molecule has 0 amide bonds. The second kappa shape index (κ2) is 6.12. The quantitative estimate of drug-likeness (QED) is 0.918. The molecule has 0 radical (unpaired) electrons. The van der Waals surface area contributed by atoms with Gasteiger partial charge in [-0.15, -0.1) is 11.3 Å². The van der Waals surface area contributed by atoms with Gasteiger partial charge in [0.05, 0.1) is 18.8 Å². The lowest BCUT2D eigenvalue weighted by atomic mass is 10.1. The molecule has 0 aliphatic carbocycles. The van der Waals surface area contributed by atoms with E-state index in [0.29, 0.717) is 11.1 Å². The van der Waals surface area contributed by atoms with E-state index in [9.17, 15) is 0 Å². The van der Waals surface area contributed by atoms with E-state index in [1.54, 1.807) is 18.4 Å². The number of rotatable bonds is 3. The first-order chi connectivity index (χ1) is 9.78. The van der Waals surface area contributed by atoms with Crippen molar-refractivity contribution in [3.8, 4) is 17.0 Å². The van der Waals surface area contributed by atoms with Crippen LogP contribution in [-0.2, 0) is 0 Å². The molecule has 2 heterocycles. The fourth-order valence-corrected chi connectivity index (χ4v) is 3.61. The van der Waals surface area contributed by atoms with Gasteiger partial charge in [-0.1, -0.05) is 18.0 Å². The topological polar surface area (TPSA) is 34.1 Å². The highest BCUT2D eigenvalue weighted by Gasteiger charge is 2.19. The lowest BCUT2D eigenvalue weighted by molar-refractivity contribution is 0.410. The van der Waals surface area contributed by atoms with Crippen LogP contribution in [0.3, 0.4) is 0 Å². The first-order valence-electron chi connectivity index (χ1n) is 6.80. The summed E-state index contributed by atoms with van der Waals surface area (Å²) < 4.78 is 5.40. The summed E-state index contributed by atoms with van der Waals surface area (Å²) in [7, 11) is 1.67. The van der Waals surface area contributed by atoms with Crippen LogP contribution in [0.15, 0.2) is 23.6 Å². The van der Waals surface area contributed by atoms with Crippen LogP contribution >= 0.6 is 22.9 Å². The summed E-state index contributed by atoms with van der Waals surface area (Å²) in [5, 5.41) is 7.47. The SMILES string of the molecule is COc1ccc(Cl)cc1-c1csc(C2CCCCN2)n1. The lowest BCUT2D eigenvalue weighted by Crippen LogP contribution is -2.26. The lowest BCUT2D eigenvalue weighted by Gasteiger charge is -2.21. The second-order valence-corrected chi connectivity index (χ2v) is 6.24. The standard InChI is InChI=1S/C15H17ClN2OS/c1-19-14-6-5-10(16)8-11(14)13-9-20-15(18-13)12-4-2-3-7-17-12/h5-6,8-9,12,17H,2-4,7H2,1H3. The zero-order valence-corrected chi connectivity index (χ0v) is 12.9. The summed E-state index contributed by atoms with van der Waals surface area (Å²) in [6, 6.07) is 6.02. The van der Waals surface area contributed by atoms with Crippen molar-refractivity contribution in [2.45, 2.75) is 25.3 Å². The van der Waals surface area contributed by atoms with Crippen molar-refractivity contribution in [2.75, 3.05) is 13.7 Å². The predicted molar refractivity (Wildman–Crippen MR) is 83.7 cm³/mol. The van der Waals surface area contributed by atoms with Gasteiger partial charge in [0.1, 0.15) is 10.8 Å². The van der Waals surface area contributed by atoms with Crippen molar-refractivity contribution in [1.82, 2.24) is 10.3 Å². The molecule has 1 atom stereocenters. The molecule has 1 N–H and O–H groups in total. The fraction of sp³-hybridized carbons (Fsp3) is 0.400. The number of piperidine rings is 1. The minimum atomic E-state index is 0.396. The van der Waals surface area contributed by atoms with Gasteiger partial charge in [0.2, 0.25) is 0 Å². The number of methoxy groups -OCH3 is 1. The Kier molecular flexibility index (Phi) is 4.24. The molecule has 0 saturated carbocycles. The average molecular weight is 309 g/mol. The first-order valence-corrected chi connectivity index (χ1v) is 8.06. The summed E-state index contributed by atoms with van der Waals surface area (Å²) in [4.78, 5) is 4.77. The van der Waals surface area contributed by atoms with Crippen molar-refractivity contribution in [3.05, 3.63) is 33.6 Å². The largest absolute Gasteiger partial charge is 0.496 e. The van der Waals surface area contributed by atoms with Gasteiger partial charge in [-0.3, -0.25) is 0 Å². The third-order valence-electron chi connectivity index (χ3n) is 3.57. The average Bonchev–Trinajstić information content (AvgIpc) is 2.98. The zero-order chi connectivity index (χ0) is 13.9. The van der Waals surface area contributed by atoms with E-state index in [2.05, 4.69) is 10.7 Å². The van der Waals surface area contributed by atoms with Gasteiger partial charge in [0.25, 0.3) is 0 Å². The van der Waals surface area contributed by atoms with E-state index >= 15 is 0 Å². The minimum absolute atomic E-state index is 0.396. The van der Waals surface area contributed by atoms with Gasteiger partial charge in [0, 0.05) is 16.0 Å². The van der Waals surface area contributed by atoms with E-state index in [1.807, 2.05) is 18.2 Å². The number of ether oxygens (including phenoxy) is 1. The Labute approximate surface area is 127 Å². The molecule has 1 aromatic carbocycles. The van der Waals surface area contributed by atoms with Crippen LogP contribution in [0, 0.1) is 0 Å². The number of hydrogen-bond donors (Lipinski definition) is 1. The minimum Gasteiger partial charge on any atom is -0.496 e. The van der Waals surface area contributed by atoms with Gasteiger partial charge in [0.15, 0.2) is 0 Å². The maximum atomic E-state index is 6.09. The number of nitrogens with one attached hydrogen (secondary N) is 1. The molecule has 2 aromatic rings. The highest BCUT2D eigenvalue weighted by molar-refractivity contribution is 7.10. The number of hydrogen-bond acceptors (Lipinski definition) is 4. The van der Waals surface area contributed by atoms with Gasteiger partial charge >= 0.3 is 0 Å². The third-order valence-corrected chi connectivity index (χ3v) is 4.76. The smallest absolute Gasteiger partial charge is 0.128 e. The Hall–Kier alpha value is -1.10. The van der Waals surface area contributed by atoms with Crippen LogP contribution in [0.1, 0.15) is 30.3 Å². The molecule has 1 aliphatic heterocycles. The van der Waals surface area contributed by atoms with E-state index in [1.165, 1.54) is 19.3 Å². The van der Waals surface area contributed by atoms with Crippen LogP contribution in [0.25, 0.3) is 11.3 Å². The summed E-state index contributed by atoms with van der Waals surface area (Å²) in [6.07, 6.45) is 3.70. The fourth-order valence-electron chi connectivity index (χ4n) is 2.51. The molecule has 0 bridgehead atoms. The molecule has 3 nitrogen and oxygen atoms in total. The number of halogens is 1. The van der Waals surface area contributed by atoms with Gasteiger partial charge in [-0.05, 0) is 37.6 Å². The summed E-state index contributed by atoms with van der Waals surface area (Å²) >= 11 is 7.79. The van der Waals surface area contributed by atoms with Gasteiger partial charge < -0.3 is 10.1 Å². The maximum Gasteiger partial charge on any atom is 0.128 e. The summed E-state index contributed by atoms with van der Waals surface area (Å²) in [5.41, 5.74) is 1.90. The molecule has 1 saturated heterocycles. The number of aromatic nitrogens is 1. The Morgan fingerprint density at radius 3 is 3.05 bits per heavy atom. The molecule has 106 valence electrons. The molecular weight excluding hydrogens is 292 g/mol. The molecule has 1 fully saturated rings. The Bertz CT molecular complexity index is 593. The highest BCUT2D eigenvalue weighted by atomic mass is 35.5. The number of thiazole rings is 1. The third kappa shape index (κ3) is 2.82. The van der Waals surface area contributed by atoms with E-state index in [-0.39, 0.29) is 0 Å². The second-order valence-electron chi connectivity index (χ2n) is 4.92. The molecular formula is C15H17ClN2OS. The Balaban J connectivity index is 1.91. The van der Waals surface area contributed by atoms with Crippen molar-refractivity contribution in [1.29, 1.82) is 0 Å². The van der Waals surface area contributed by atoms with E-state index in [0.717, 1.165) is 28.6 Å².